The zero-order chi connectivity index (χ0) is 21.4. The van der Waals surface area contributed by atoms with Crippen LogP contribution in [0.5, 0.6) is 0 Å². The van der Waals surface area contributed by atoms with Crippen molar-refractivity contribution in [3.63, 3.8) is 0 Å². The van der Waals surface area contributed by atoms with E-state index in [0.717, 1.165) is 24.0 Å². The SMILES string of the molecule is Cc1cccc2c(=O)n(CCCC(=O)N3CCc4sccc4[C@H]3c3cccs3)cnc12. The van der Waals surface area contributed by atoms with Gasteiger partial charge in [0.15, 0.2) is 0 Å². The van der Waals surface area contributed by atoms with E-state index in [4.69, 9.17) is 0 Å². The highest BCUT2D eigenvalue weighted by Gasteiger charge is 2.33. The summed E-state index contributed by atoms with van der Waals surface area (Å²) < 4.78 is 1.62. The Morgan fingerprint density at radius 1 is 1.16 bits per heavy atom. The van der Waals surface area contributed by atoms with Gasteiger partial charge in [0, 0.05) is 29.3 Å². The molecule has 5 rings (SSSR count). The Hall–Kier alpha value is -2.77. The molecule has 1 aliphatic rings. The second-order valence-corrected chi connectivity index (χ2v) is 9.85. The van der Waals surface area contributed by atoms with E-state index in [2.05, 4.69) is 27.9 Å². The number of rotatable bonds is 5. The van der Waals surface area contributed by atoms with Crippen LogP contribution in [0.1, 0.15) is 39.8 Å². The van der Waals surface area contributed by atoms with Gasteiger partial charge in [-0.1, -0.05) is 18.2 Å². The van der Waals surface area contributed by atoms with Gasteiger partial charge in [0.25, 0.3) is 5.56 Å². The molecule has 7 heteroatoms. The van der Waals surface area contributed by atoms with Gasteiger partial charge in [-0.25, -0.2) is 4.98 Å². The third kappa shape index (κ3) is 3.72. The van der Waals surface area contributed by atoms with Crippen molar-refractivity contribution in [2.45, 2.75) is 38.8 Å². The first kappa shape index (κ1) is 20.2. The Kier molecular flexibility index (Phi) is 5.46. The number of amides is 1. The quantitative estimate of drug-likeness (QED) is 0.440. The van der Waals surface area contributed by atoms with Crippen molar-refractivity contribution in [1.82, 2.24) is 14.5 Å². The summed E-state index contributed by atoms with van der Waals surface area (Å²) in [6.07, 6.45) is 3.55. The highest BCUT2D eigenvalue weighted by Crippen LogP contribution is 2.39. The first-order valence-electron chi connectivity index (χ1n) is 10.5. The van der Waals surface area contributed by atoms with Crippen LogP contribution in [0, 0.1) is 6.92 Å². The molecule has 0 radical (unpaired) electrons. The largest absolute Gasteiger partial charge is 0.330 e. The zero-order valence-corrected chi connectivity index (χ0v) is 18.9. The first-order valence-corrected chi connectivity index (χ1v) is 12.2. The predicted octanol–water partition coefficient (Wildman–Crippen LogP) is 4.78. The number of hydrogen-bond donors (Lipinski definition) is 0. The van der Waals surface area contributed by atoms with E-state index >= 15 is 0 Å². The number of benzene rings is 1. The number of fused-ring (bicyclic) bond motifs is 2. The minimum absolute atomic E-state index is 0.00975. The Bertz CT molecular complexity index is 1290. The molecular formula is C24H23N3O2S2. The lowest BCUT2D eigenvalue weighted by molar-refractivity contribution is -0.133. The van der Waals surface area contributed by atoms with Crippen LogP contribution in [0.2, 0.25) is 0 Å². The van der Waals surface area contributed by atoms with Gasteiger partial charge in [-0.15, -0.1) is 22.7 Å². The van der Waals surface area contributed by atoms with E-state index in [9.17, 15) is 9.59 Å². The molecule has 1 atom stereocenters. The summed E-state index contributed by atoms with van der Waals surface area (Å²) >= 11 is 3.48. The van der Waals surface area contributed by atoms with Crippen molar-refractivity contribution >= 4 is 39.5 Å². The number of para-hydroxylation sites is 1. The van der Waals surface area contributed by atoms with Crippen molar-refractivity contribution in [3.05, 3.63) is 84.7 Å². The van der Waals surface area contributed by atoms with Crippen LogP contribution in [0.15, 0.2) is 58.3 Å². The number of carbonyl (C=O) groups is 1. The fraction of sp³-hybridized carbons (Fsp3) is 0.292. The average molecular weight is 450 g/mol. The molecule has 4 aromatic rings. The summed E-state index contributed by atoms with van der Waals surface area (Å²) in [6, 6.07) is 12.0. The number of thiophene rings is 2. The van der Waals surface area contributed by atoms with Gasteiger partial charge in [0.05, 0.1) is 23.3 Å². The average Bonchev–Trinajstić information content (AvgIpc) is 3.47. The molecular weight excluding hydrogens is 426 g/mol. The smallest absolute Gasteiger partial charge is 0.261 e. The topological polar surface area (TPSA) is 55.2 Å². The second kappa shape index (κ2) is 8.40. The van der Waals surface area contributed by atoms with Gasteiger partial charge < -0.3 is 4.90 Å². The molecule has 0 N–H and O–H groups in total. The van der Waals surface area contributed by atoms with Gasteiger partial charge in [-0.3, -0.25) is 14.2 Å². The minimum atomic E-state index is -0.0431. The van der Waals surface area contributed by atoms with E-state index in [0.29, 0.717) is 24.8 Å². The minimum Gasteiger partial charge on any atom is -0.330 e. The van der Waals surface area contributed by atoms with Crippen molar-refractivity contribution < 1.29 is 4.79 Å². The number of aromatic nitrogens is 2. The summed E-state index contributed by atoms with van der Waals surface area (Å²) in [4.78, 5) is 35.1. The Morgan fingerprint density at radius 2 is 2.06 bits per heavy atom. The van der Waals surface area contributed by atoms with Crippen LogP contribution in [0.25, 0.3) is 10.9 Å². The Balaban J connectivity index is 1.31. The number of carbonyl (C=O) groups excluding carboxylic acids is 1. The van der Waals surface area contributed by atoms with Crippen LogP contribution in [0.4, 0.5) is 0 Å². The van der Waals surface area contributed by atoms with Crippen LogP contribution < -0.4 is 5.56 Å². The molecule has 1 aromatic carbocycles. The lowest BCUT2D eigenvalue weighted by atomic mass is 9.98. The van der Waals surface area contributed by atoms with Gasteiger partial charge in [-0.05, 0) is 59.9 Å². The normalized spacial score (nSPS) is 15.9. The standard InChI is InChI=1S/C24H23N3O2S2/c1-16-5-2-6-18-22(16)25-15-26(24(18)29)11-3-8-21(28)27-12-9-19-17(10-14-31-19)23(27)20-7-4-13-30-20/h2,4-7,10,13-15,23H,3,8-9,11-12H2,1H3/t23-/m0/s1. The molecule has 3 aromatic heterocycles. The van der Waals surface area contributed by atoms with Crippen LogP contribution in [-0.4, -0.2) is 26.9 Å². The second-order valence-electron chi connectivity index (χ2n) is 7.87. The zero-order valence-electron chi connectivity index (χ0n) is 17.3. The van der Waals surface area contributed by atoms with Gasteiger partial charge >= 0.3 is 0 Å². The third-order valence-corrected chi connectivity index (χ3v) is 7.87. The molecule has 0 saturated heterocycles. The van der Waals surface area contributed by atoms with E-state index in [-0.39, 0.29) is 17.5 Å². The molecule has 1 aliphatic heterocycles. The molecule has 0 aliphatic carbocycles. The fourth-order valence-corrected chi connectivity index (χ4v) is 6.14. The molecule has 31 heavy (non-hydrogen) atoms. The molecule has 5 nitrogen and oxygen atoms in total. The monoisotopic (exact) mass is 449 g/mol. The van der Waals surface area contributed by atoms with Crippen molar-refractivity contribution in [2.75, 3.05) is 6.54 Å². The molecule has 0 spiro atoms. The fourth-order valence-electron chi connectivity index (χ4n) is 4.38. The summed E-state index contributed by atoms with van der Waals surface area (Å²) in [7, 11) is 0. The number of aryl methyl sites for hydroxylation is 2. The van der Waals surface area contributed by atoms with Gasteiger partial charge in [0.1, 0.15) is 0 Å². The van der Waals surface area contributed by atoms with Crippen LogP contribution in [-0.2, 0) is 17.8 Å². The highest BCUT2D eigenvalue weighted by molar-refractivity contribution is 7.10. The summed E-state index contributed by atoms with van der Waals surface area (Å²) in [6.45, 7) is 3.19. The Morgan fingerprint density at radius 3 is 2.90 bits per heavy atom. The molecule has 0 bridgehead atoms. The van der Waals surface area contributed by atoms with Gasteiger partial charge in [0.2, 0.25) is 5.91 Å². The molecule has 158 valence electrons. The predicted molar refractivity (Wildman–Crippen MR) is 126 cm³/mol. The maximum atomic E-state index is 13.2. The summed E-state index contributed by atoms with van der Waals surface area (Å²) in [5.41, 5.74) is 2.96. The van der Waals surface area contributed by atoms with Gasteiger partial charge in [-0.2, -0.15) is 0 Å². The molecule has 4 heterocycles. The van der Waals surface area contributed by atoms with Crippen LogP contribution in [0.3, 0.4) is 0 Å². The van der Waals surface area contributed by atoms with Crippen molar-refractivity contribution in [2.24, 2.45) is 0 Å². The third-order valence-electron chi connectivity index (χ3n) is 5.94. The molecule has 0 fully saturated rings. The maximum Gasteiger partial charge on any atom is 0.261 e. The highest BCUT2D eigenvalue weighted by atomic mass is 32.1. The lowest BCUT2D eigenvalue weighted by Gasteiger charge is -2.35. The lowest BCUT2D eigenvalue weighted by Crippen LogP contribution is -2.39. The molecule has 1 amide bonds. The number of hydrogen-bond acceptors (Lipinski definition) is 5. The summed E-state index contributed by atoms with van der Waals surface area (Å²) in [5.74, 6) is 0.146. The molecule has 0 unspecified atom stereocenters. The maximum absolute atomic E-state index is 13.2. The number of nitrogens with zero attached hydrogens (tertiary/aromatic N) is 3. The molecule has 0 saturated carbocycles. The first-order chi connectivity index (χ1) is 15.1. The van der Waals surface area contributed by atoms with E-state index in [1.54, 1.807) is 33.6 Å². The van der Waals surface area contributed by atoms with E-state index in [1.807, 2.05) is 36.1 Å². The van der Waals surface area contributed by atoms with Crippen molar-refractivity contribution in [3.8, 4) is 0 Å². The van der Waals surface area contributed by atoms with Crippen LogP contribution >= 0.6 is 22.7 Å². The van der Waals surface area contributed by atoms with E-state index < -0.39 is 0 Å². The van der Waals surface area contributed by atoms with Crippen molar-refractivity contribution in [1.29, 1.82) is 0 Å². The van der Waals surface area contributed by atoms with E-state index in [1.165, 1.54) is 15.3 Å². The Labute approximate surface area is 188 Å². The summed E-state index contributed by atoms with van der Waals surface area (Å²) in [5, 5.41) is 4.83.